The second kappa shape index (κ2) is 6.99. The minimum absolute atomic E-state index is 0.0494. The Labute approximate surface area is 81.4 Å². The number of hydrogen-bond donors (Lipinski definition) is 0. The van der Waals surface area contributed by atoms with E-state index in [9.17, 15) is 19.7 Å². The number of nitrogens with zero attached hydrogens (tertiary/aromatic N) is 1. The molecule has 0 aromatic carbocycles. The van der Waals surface area contributed by atoms with Crippen LogP contribution in [0.2, 0.25) is 0 Å². The van der Waals surface area contributed by atoms with Crippen LogP contribution in [0.4, 0.5) is 0 Å². The van der Waals surface area contributed by atoms with Gasteiger partial charge in [-0.1, -0.05) is 0 Å². The monoisotopic (exact) mass is 203 g/mol. The second-order valence-electron chi connectivity index (χ2n) is 2.77. The summed E-state index contributed by atoms with van der Waals surface area (Å²) in [6, 6.07) is 0. The first-order valence-corrected chi connectivity index (χ1v) is 4.26. The maximum absolute atomic E-state index is 11.0. The second-order valence-corrected chi connectivity index (χ2v) is 2.77. The Morgan fingerprint density at radius 2 is 1.93 bits per heavy atom. The molecule has 0 saturated carbocycles. The van der Waals surface area contributed by atoms with E-state index in [1.54, 1.807) is 0 Å². The summed E-state index contributed by atoms with van der Waals surface area (Å²) in [5.74, 6) is -0.579. The van der Waals surface area contributed by atoms with Crippen LogP contribution in [0.25, 0.3) is 0 Å². The number of carbonyl (C=O) groups is 2. The Morgan fingerprint density at radius 1 is 1.29 bits per heavy atom. The van der Waals surface area contributed by atoms with Crippen molar-refractivity contribution in [3.05, 3.63) is 10.1 Å². The summed E-state index contributed by atoms with van der Waals surface area (Å²) in [5, 5.41) is 9.91. The van der Waals surface area contributed by atoms with E-state index < -0.39 is 10.9 Å². The molecule has 0 fully saturated rings. The first kappa shape index (κ1) is 12.5. The average molecular weight is 203 g/mol. The highest BCUT2D eigenvalue weighted by Crippen LogP contribution is 1.99. The summed E-state index contributed by atoms with van der Waals surface area (Å²) >= 11 is 0. The lowest BCUT2D eigenvalue weighted by Gasteiger charge is -1.98. The van der Waals surface area contributed by atoms with Gasteiger partial charge in [0.15, 0.2) is 0 Å². The van der Waals surface area contributed by atoms with E-state index in [1.807, 2.05) is 0 Å². The minimum atomic E-state index is -0.465. The molecule has 0 spiro atoms. The molecule has 80 valence electrons. The highest BCUT2D eigenvalue weighted by atomic mass is 16.6. The number of Topliss-reactive ketones (excluding diaryl/α,β-unsaturated/α-hetero) is 1. The third-order valence-electron chi connectivity index (χ3n) is 1.63. The predicted octanol–water partition coefficient (Wildman–Crippen LogP) is 0.566. The molecule has 0 aliphatic carbocycles. The van der Waals surface area contributed by atoms with Crippen molar-refractivity contribution in [1.82, 2.24) is 0 Å². The quantitative estimate of drug-likeness (QED) is 0.343. The van der Waals surface area contributed by atoms with Gasteiger partial charge in [0, 0.05) is 24.2 Å². The molecule has 0 saturated heterocycles. The van der Waals surface area contributed by atoms with Gasteiger partial charge in [0.1, 0.15) is 5.78 Å². The number of carbonyl (C=O) groups excluding carboxylic acids is 2. The maximum Gasteiger partial charge on any atom is 0.305 e. The molecule has 0 unspecified atom stereocenters. The van der Waals surface area contributed by atoms with Crippen molar-refractivity contribution in [1.29, 1.82) is 0 Å². The average Bonchev–Trinajstić information content (AvgIpc) is 2.13. The van der Waals surface area contributed by atoms with Crippen LogP contribution in [0.15, 0.2) is 0 Å². The van der Waals surface area contributed by atoms with Crippen LogP contribution >= 0.6 is 0 Å². The van der Waals surface area contributed by atoms with Crippen LogP contribution in [0.1, 0.15) is 25.7 Å². The highest BCUT2D eigenvalue weighted by Gasteiger charge is 2.08. The molecule has 0 amide bonds. The summed E-state index contributed by atoms with van der Waals surface area (Å²) in [7, 11) is 1.25. The van der Waals surface area contributed by atoms with Crippen LogP contribution in [0, 0.1) is 10.1 Å². The SMILES string of the molecule is COC(=O)CCC(=O)CCC[N+](=O)[O-]. The fourth-order valence-electron chi connectivity index (χ4n) is 0.874. The van der Waals surface area contributed by atoms with E-state index in [-0.39, 0.29) is 38.0 Å². The first-order valence-electron chi connectivity index (χ1n) is 4.26. The summed E-state index contributed by atoms with van der Waals surface area (Å²) in [4.78, 5) is 31.1. The van der Waals surface area contributed by atoms with Crippen molar-refractivity contribution in [2.45, 2.75) is 25.7 Å². The Morgan fingerprint density at radius 3 is 2.43 bits per heavy atom. The van der Waals surface area contributed by atoms with Crippen molar-refractivity contribution in [3.63, 3.8) is 0 Å². The van der Waals surface area contributed by atoms with Gasteiger partial charge < -0.3 is 4.74 Å². The van der Waals surface area contributed by atoms with E-state index in [2.05, 4.69) is 4.74 Å². The van der Waals surface area contributed by atoms with E-state index in [0.29, 0.717) is 0 Å². The molecule has 0 rings (SSSR count). The molecule has 0 N–H and O–H groups in total. The molecule has 0 bridgehead atoms. The highest BCUT2D eigenvalue weighted by molar-refractivity contribution is 5.82. The van der Waals surface area contributed by atoms with Crippen LogP contribution in [-0.2, 0) is 14.3 Å². The number of nitro groups is 1. The van der Waals surface area contributed by atoms with Gasteiger partial charge in [-0.05, 0) is 0 Å². The van der Waals surface area contributed by atoms with Crippen LogP contribution in [-0.4, -0.2) is 30.3 Å². The van der Waals surface area contributed by atoms with Gasteiger partial charge in [0.25, 0.3) is 0 Å². The summed E-state index contributed by atoms with van der Waals surface area (Å²) < 4.78 is 4.34. The van der Waals surface area contributed by atoms with Gasteiger partial charge >= 0.3 is 5.97 Å². The third kappa shape index (κ3) is 7.20. The zero-order chi connectivity index (χ0) is 11.0. The number of hydrogen-bond acceptors (Lipinski definition) is 5. The topological polar surface area (TPSA) is 86.5 Å². The first-order chi connectivity index (χ1) is 6.56. The fraction of sp³-hybridized carbons (Fsp3) is 0.750. The van der Waals surface area contributed by atoms with Gasteiger partial charge in [-0.2, -0.15) is 0 Å². The minimum Gasteiger partial charge on any atom is -0.469 e. The van der Waals surface area contributed by atoms with E-state index in [0.717, 1.165) is 0 Å². The number of esters is 1. The summed E-state index contributed by atoms with van der Waals surface area (Å²) in [6.07, 6.45) is 0.531. The molecule has 0 aromatic heterocycles. The Hall–Kier alpha value is -1.46. The van der Waals surface area contributed by atoms with E-state index >= 15 is 0 Å². The molecule has 6 nitrogen and oxygen atoms in total. The largest absolute Gasteiger partial charge is 0.469 e. The third-order valence-corrected chi connectivity index (χ3v) is 1.63. The molecule has 0 aliphatic heterocycles. The number of ether oxygens (including phenoxy) is 1. The fourth-order valence-corrected chi connectivity index (χ4v) is 0.874. The lowest BCUT2D eigenvalue weighted by Crippen LogP contribution is -2.08. The molecule has 0 aliphatic rings. The predicted molar refractivity (Wildman–Crippen MR) is 47.4 cm³/mol. The Kier molecular flexibility index (Phi) is 6.26. The molecular weight excluding hydrogens is 190 g/mol. The lowest BCUT2D eigenvalue weighted by molar-refractivity contribution is -0.480. The smallest absolute Gasteiger partial charge is 0.305 e. The van der Waals surface area contributed by atoms with Gasteiger partial charge in [0.05, 0.1) is 13.5 Å². The van der Waals surface area contributed by atoms with Gasteiger partial charge in [-0.15, -0.1) is 0 Å². The summed E-state index contributed by atoms with van der Waals surface area (Å²) in [5.41, 5.74) is 0. The number of ketones is 1. The molecular formula is C8H13NO5. The molecule has 6 heteroatoms. The lowest BCUT2D eigenvalue weighted by atomic mass is 10.1. The zero-order valence-corrected chi connectivity index (χ0v) is 8.02. The normalized spacial score (nSPS) is 9.50. The molecule has 0 heterocycles. The van der Waals surface area contributed by atoms with Gasteiger partial charge in [-0.3, -0.25) is 19.7 Å². The van der Waals surface area contributed by atoms with E-state index in [4.69, 9.17) is 0 Å². The van der Waals surface area contributed by atoms with E-state index in [1.165, 1.54) is 7.11 Å². The van der Waals surface area contributed by atoms with Crippen molar-refractivity contribution >= 4 is 11.8 Å². The Bertz CT molecular complexity index is 226. The van der Waals surface area contributed by atoms with Crippen LogP contribution in [0.5, 0.6) is 0 Å². The number of rotatable bonds is 7. The molecule has 14 heavy (non-hydrogen) atoms. The molecule has 0 radical (unpaired) electrons. The van der Waals surface area contributed by atoms with Crippen LogP contribution in [0.3, 0.4) is 0 Å². The molecule has 0 atom stereocenters. The van der Waals surface area contributed by atoms with Crippen molar-refractivity contribution < 1.29 is 19.2 Å². The van der Waals surface area contributed by atoms with Crippen molar-refractivity contribution in [2.75, 3.05) is 13.7 Å². The van der Waals surface area contributed by atoms with Crippen LogP contribution < -0.4 is 0 Å². The van der Waals surface area contributed by atoms with Gasteiger partial charge in [0.2, 0.25) is 6.54 Å². The molecule has 0 aromatic rings. The Balaban J connectivity index is 3.46. The standard InChI is InChI=1S/C8H13NO5/c1-14-8(11)5-4-7(10)3-2-6-9(12)13/h2-6H2,1H3. The van der Waals surface area contributed by atoms with Gasteiger partial charge in [-0.25, -0.2) is 0 Å². The number of methoxy groups -OCH3 is 1. The van der Waals surface area contributed by atoms with Crippen molar-refractivity contribution in [3.8, 4) is 0 Å². The van der Waals surface area contributed by atoms with Crippen molar-refractivity contribution in [2.24, 2.45) is 0 Å². The maximum atomic E-state index is 11.0. The zero-order valence-electron chi connectivity index (χ0n) is 8.02. The summed E-state index contributed by atoms with van der Waals surface area (Å²) in [6.45, 7) is -0.204.